The van der Waals surface area contributed by atoms with Crippen molar-refractivity contribution in [2.45, 2.75) is 53.0 Å². The summed E-state index contributed by atoms with van der Waals surface area (Å²) in [5, 5.41) is 3.63. The lowest BCUT2D eigenvalue weighted by atomic mass is 9.75. The van der Waals surface area contributed by atoms with Gasteiger partial charge in [-0.1, -0.05) is 13.8 Å². The van der Waals surface area contributed by atoms with Crippen LogP contribution in [-0.4, -0.2) is 22.2 Å². The molecule has 1 aliphatic carbocycles. The molecule has 0 spiro atoms. The zero-order valence-electron chi connectivity index (χ0n) is 14.7. The van der Waals surface area contributed by atoms with Gasteiger partial charge in [-0.05, 0) is 38.7 Å². The maximum absolute atomic E-state index is 12.5. The van der Waals surface area contributed by atoms with Gasteiger partial charge in [-0.15, -0.1) is 11.3 Å². The maximum Gasteiger partial charge on any atom is 0.263 e. The number of nitrogens with zero attached hydrogens (tertiary/aromatic N) is 1. The van der Waals surface area contributed by atoms with Crippen molar-refractivity contribution in [3.8, 4) is 0 Å². The van der Waals surface area contributed by atoms with Gasteiger partial charge in [0.15, 0.2) is 5.78 Å². The van der Waals surface area contributed by atoms with Crippen LogP contribution in [0.5, 0.6) is 0 Å². The second-order valence-corrected chi connectivity index (χ2v) is 9.32. The first kappa shape index (κ1) is 16.9. The van der Waals surface area contributed by atoms with Gasteiger partial charge < -0.3 is 11.1 Å². The first-order valence-corrected chi connectivity index (χ1v) is 8.86. The van der Waals surface area contributed by atoms with E-state index in [0.29, 0.717) is 27.9 Å². The fourth-order valence-corrected chi connectivity index (χ4v) is 4.06. The zero-order chi connectivity index (χ0) is 17.9. The summed E-state index contributed by atoms with van der Waals surface area (Å²) in [5.74, 6) is -0.102. The second-order valence-electron chi connectivity index (χ2n) is 8.33. The predicted molar refractivity (Wildman–Crippen MR) is 97.7 cm³/mol. The van der Waals surface area contributed by atoms with Crippen LogP contribution in [0.15, 0.2) is 6.07 Å². The Balaban J connectivity index is 2.10. The molecule has 0 saturated heterocycles. The average Bonchev–Trinajstić information content (AvgIpc) is 2.70. The molecular formula is C18H23N3O2S. The van der Waals surface area contributed by atoms with E-state index in [2.05, 4.69) is 24.1 Å². The van der Waals surface area contributed by atoms with Crippen LogP contribution in [0.3, 0.4) is 0 Å². The number of carbonyl (C=O) groups excluding carboxylic acids is 2. The van der Waals surface area contributed by atoms with E-state index in [1.54, 1.807) is 0 Å². The number of nitrogen functional groups attached to an aromatic ring is 1. The number of aromatic nitrogens is 1. The minimum absolute atomic E-state index is 0.0833. The fourth-order valence-electron chi connectivity index (χ4n) is 3.06. The number of nitrogens with one attached hydrogen (secondary N) is 1. The van der Waals surface area contributed by atoms with Gasteiger partial charge in [0.2, 0.25) is 0 Å². The fraction of sp³-hybridized carbons (Fsp3) is 0.500. The van der Waals surface area contributed by atoms with E-state index in [-0.39, 0.29) is 22.6 Å². The molecule has 0 atom stereocenters. The number of rotatable bonds is 1. The molecule has 0 radical (unpaired) electrons. The summed E-state index contributed by atoms with van der Waals surface area (Å²) < 4.78 is 0. The molecule has 1 amide bonds. The highest BCUT2D eigenvalue weighted by Crippen LogP contribution is 2.39. The monoisotopic (exact) mass is 345 g/mol. The van der Waals surface area contributed by atoms with Crippen molar-refractivity contribution in [1.82, 2.24) is 10.3 Å². The van der Waals surface area contributed by atoms with Crippen molar-refractivity contribution < 1.29 is 9.59 Å². The summed E-state index contributed by atoms with van der Waals surface area (Å²) in [6.07, 6.45) is 1.26. The molecule has 24 heavy (non-hydrogen) atoms. The van der Waals surface area contributed by atoms with Crippen LogP contribution in [0, 0.1) is 5.41 Å². The number of ketones is 1. The lowest BCUT2D eigenvalue weighted by molar-refractivity contribution is 0.0906. The summed E-state index contributed by atoms with van der Waals surface area (Å²) in [6, 6.07) is 1.81. The van der Waals surface area contributed by atoms with Gasteiger partial charge >= 0.3 is 0 Å². The molecule has 0 saturated carbocycles. The molecule has 0 unspecified atom stereocenters. The molecule has 0 bridgehead atoms. The van der Waals surface area contributed by atoms with Crippen LogP contribution in [0.25, 0.3) is 10.2 Å². The summed E-state index contributed by atoms with van der Waals surface area (Å²) in [7, 11) is 0. The van der Waals surface area contributed by atoms with E-state index >= 15 is 0 Å². The third-order valence-corrected chi connectivity index (χ3v) is 5.19. The average molecular weight is 345 g/mol. The smallest absolute Gasteiger partial charge is 0.263 e. The van der Waals surface area contributed by atoms with Gasteiger partial charge in [0.05, 0.1) is 11.4 Å². The Hall–Kier alpha value is -1.95. The summed E-state index contributed by atoms with van der Waals surface area (Å²) in [4.78, 5) is 30.7. The number of pyridine rings is 1. The van der Waals surface area contributed by atoms with Gasteiger partial charge in [-0.25, -0.2) is 4.98 Å². The van der Waals surface area contributed by atoms with Gasteiger partial charge in [0.25, 0.3) is 5.91 Å². The Morgan fingerprint density at radius 3 is 2.62 bits per heavy atom. The largest absolute Gasteiger partial charge is 0.397 e. The topological polar surface area (TPSA) is 85.1 Å². The first-order chi connectivity index (χ1) is 11.0. The van der Waals surface area contributed by atoms with Gasteiger partial charge in [-0.2, -0.15) is 0 Å². The molecule has 0 fully saturated rings. The van der Waals surface area contributed by atoms with Crippen molar-refractivity contribution in [1.29, 1.82) is 0 Å². The minimum atomic E-state index is -0.341. The molecule has 0 aliphatic heterocycles. The molecule has 5 nitrogen and oxygen atoms in total. The van der Waals surface area contributed by atoms with Gasteiger partial charge in [0.1, 0.15) is 9.71 Å². The van der Waals surface area contributed by atoms with Crippen LogP contribution >= 0.6 is 11.3 Å². The van der Waals surface area contributed by atoms with Crippen LogP contribution in [0.1, 0.15) is 66.8 Å². The molecule has 0 aromatic carbocycles. The molecule has 3 rings (SSSR count). The van der Waals surface area contributed by atoms with Crippen LogP contribution in [-0.2, 0) is 6.42 Å². The van der Waals surface area contributed by atoms with Crippen molar-refractivity contribution in [3.05, 3.63) is 22.2 Å². The van der Waals surface area contributed by atoms with E-state index in [1.165, 1.54) is 11.3 Å². The van der Waals surface area contributed by atoms with Crippen LogP contribution in [0.2, 0.25) is 0 Å². The third kappa shape index (κ3) is 3.02. The first-order valence-electron chi connectivity index (χ1n) is 8.04. The number of hydrogen-bond donors (Lipinski definition) is 2. The number of hydrogen-bond acceptors (Lipinski definition) is 5. The Labute approximate surface area is 145 Å². The highest BCUT2D eigenvalue weighted by atomic mass is 32.1. The summed E-state index contributed by atoms with van der Waals surface area (Å²) >= 11 is 1.29. The molecule has 2 aromatic heterocycles. The Morgan fingerprint density at radius 2 is 2.00 bits per heavy atom. The number of carbonyl (C=O) groups is 2. The predicted octanol–water partition coefficient (Wildman–Crippen LogP) is 3.56. The Kier molecular flexibility index (Phi) is 3.71. The van der Waals surface area contributed by atoms with Crippen molar-refractivity contribution in [2.75, 3.05) is 5.73 Å². The summed E-state index contributed by atoms with van der Waals surface area (Å²) in [5.41, 5.74) is 7.63. The van der Waals surface area contributed by atoms with E-state index < -0.39 is 0 Å². The van der Waals surface area contributed by atoms with Gasteiger partial charge in [-0.3, -0.25) is 9.59 Å². The zero-order valence-corrected chi connectivity index (χ0v) is 15.6. The molecule has 1 aliphatic rings. The molecule has 3 N–H and O–H groups in total. The molecule has 6 heteroatoms. The standard InChI is InChI=1S/C18H23N3O2S/c1-17(2,3)21-15(23)14-13(19)10-6-9-11(20-16(10)24-14)7-18(4,5)8-12(9)22/h6H,7-8,19H2,1-5H3,(H,21,23). The Morgan fingerprint density at radius 1 is 1.33 bits per heavy atom. The number of Topliss-reactive ketones (excluding diaryl/α,β-unsaturated/α-hetero) is 1. The molecule has 2 aromatic rings. The lowest BCUT2D eigenvalue weighted by Crippen LogP contribution is -2.40. The van der Waals surface area contributed by atoms with Crippen molar-refractivity contribution in [3.63, 3.8) is 0 Å². The summed E-state index contributed by atoms with van der Waals surface area (Å²) in [6.45, 7) is 9.92. The van der Waals surface area contributed by atoms with Gasteiger partial charge in [0, 0.05) is 22.9 Å². The van der Waals surface area contributed by atoms with Crippen LogP contribution < -0.4 is 11.1 Å². The number of amides is 1. The van der Waals surface area contributed by atoms with E-state index in [1.807, 2.05) is 26.8 Å². The van der Waals surface area contributed by atoms with E-state index in [4.69, 9.17) is 5.73 Å². The molecule has 2 heterocycles. The number of anilines is 1. The highest BCUT2D eigenvalue weighted by molar-refractivity contribution is 7.21. The van der Waals surface area contributed by atoms with E-state index in [0.717, 1.165) is 16.9 Å². The normalized spacial score (nSPS) is 17.0. The van der Waals surface area contributed by atoms with Crippen LogP contribution in [0.4, 0.5) is 5.69 Å². The molecular weight excluding hydrogens is 322 g/mol. The number of thiophene rings is 1. The SMILES string of the molecule is CC1(C)CC(=O)c2cc3c(N)c(C(=O)NC(C)(C)C)sc3nc2C1. The third-order valence-electron chi connectivity index (χ3n) is 4.08. The molecule has 128 valence electrons. The Bertz CT molecular complexity index is 859. The quantitative estimate of drug-likeness (QED) is 0.827. The highest BCUT2D eigenvalue weighted by Gasteiger charge is 2.33. The number of fused-ring (bicyclic) bond motifs is 2. The lowest BCUT2D eigenvalue weighted by Gasteiger charge is -2.29. The maximum atomic E-state index is 12.5. The second kappa shape index (κ2) is 5.28. The van der Waals surface area contributed by atoms with Crippen molar-refractivity contribution >= 4 is 38.9 Å². The van der Waals surface area contributed by atoms with Crippen molar-refractivity contribution in [2.24, 2.45) is 5.41 Å². The van der Waals surface area contributed by atoms with E-state index in [9.17, 15) is 9.59 Å². The minimum Gasteiger partial charge on any atom is -0.397 e. The number of nitrogens with two attached hydrogens (primary N) is 1.